The Morgan fingerprint density at radius 2 is 2.09 bits per heavy atom. The molecule has 1 unspecified atom stereocenters. The molecule has 1 aromatic carbocycles. The lowest BCUT2D eigenvalue weighted by Gasteiger charge is -2.28. The molecule has 4 N–H and O–H groups in total. The van der Waals surface area contributed by atoms with E-state index in [1.165, 1.54) is 6.07 Å². The zero-order valence-corrected chi connectivity index (χ0v) is 16.9. The minimum atomic E-state index is -4.41. The van der Waals surface area contributed by atoms with Gasteiger partial charge in [-0.3, -0.25) is 23.4 Å². The Balaban J connectivity index is 1.52. The Morgan fingerprint density at radius 1 is 1.34 bits per heavy atom. The van der Waals surface area contributed by atoms with Gasteiger partial charge in [0, 0.05) is 11.8 Å². The van der Waals surface area contributed by atoms with E-state index in [1.807, 2.05) is 4.98 Å². The van der Waals surface area contributed by atoms with Crippen LogP contribution >= 0.6 is 7.82 Å². The number of nitrogens with zero attached hydrogens (tertiary/aromatic N) is 1. The van der Waals surface area contributed by atoms with Crippen LogP contribution in [0.4, 0.5) is 8.78 Å². The molecule has 5 atom stereocenters. The molecule has 2 aliphatic rings. The molecule has 0 radical (unpaired) electrons. The summed E-state index contributed by atoms with van der Waals surface area (Å²) >= 11 is 0. The van der Waals surface area contributed by atoms with Crippen molar-refractivity contribution in [3.8, 4) is 5.75 Å². The van der Waals surface area contributed by atoms with Crippen molar-refractivity contribution in [1.82, 2.24) is 9.55 Å². The van der Waals surface area contributed by atoms with Crippen molar-refractivity contribution >= 4 is 7.82 Å². The SMILES string of the molecule is O=c1[nH]c(=O)n([C@@H]2O[C@](F)(COP3(=O)OCc4cc(F)ccc4O3)[C@@H](O)[C@H]2O)cc1CO. The summed E-state index contributed by atoms with van der Waals surface area (Å²) in [5, 5.41) is 29.5. The Hall–Kier alpha value is -2.45. The van der Waals surface area contributed by atoms with Gasteiger partial charge in [0.15, 0.2) is 6.23 Å². The highest BCUT2D eigenvalue weighted by Gasteiger charge is 2.57. The van der Waals surface area contributed by atoms with Crippen LogP contribution in [0.1, 0.15) is 17.4 Å². The van der Waals surface area contributed by atoms with E-state index in [2.05, 4.69) is 0 Å². The number of ether oxygens (including phenoxy) is 1. The monoisotopic (exact) mass is 478 g/mol. The summed E-state index contributed by atoms with van der Waals surface area (Å²) in [6.07, 6.45) is -5.29. The normalized spacial score (nSPS) is 31.8. The molecule has 2 aromatic rings. The number of phosphoric ester groups is 1. The number of fused-ring (bicyclic) bond motifs is 1. The van der Waals surface area contributed by atoms with E-state index in [9.17, 15) is 33.9 Å². The zero-order valence-electron chi connectivity index (χ0n) is 16.0. The van der Waals surface area contributed by atoms with Gasteiger partial charge >= 0.3 is 13.5 Å². The number of nitrogens with one attached hydrogen (secondary N) is 1. The third-order valence-electron chi connectivity index (χ3n) is 4.89. The number of aliphatic hydroxyl groups excluding tert-OH is 3. The van der Waals surface area contributed by atoms with Crippen LogP contribution in [-0.2, 0) is 31.6 Å². The minimum Gasteiger partial charge on any atom is -0.404 e. The average molecular weight is 478 g/mol. The predicted octanol–water partition coefficient (Wildman–Crippen LogP) is -0.182. The highest BCUT2D eigenvalue weighted by Crippen LogP contribution is 2.55. The fourth-order valence-electron chi connectivity index (χ4n) is 3.20. The van der Waals surface area contributed by atoms with Crippen molar-refractivity contribution in [3.05, 3.63) is 62.2 Å². The molecule has 0 spiro atoms. The number of H-pyrrole nitrogens is 1. The molecule has 174 valence electrons. The van der Waals surface area contributed by atoms with E-state index >= 15 is 4.39 Å². The maximum Gasteiger partial charge on any atom is 0.530 e. The van der Waals surface area contributed by atoms with Gasteiger partial charge in [0.2, 0.25) is 0 Å². The Bertz CT molecular complexity index is 1200. The molecule has 2 aliphatic heterocycles. The van der Waals surface area contributed by atoms with Crippen LogP contribution < -0.4 is 15.8 Å². The average Bonchev–Trinajstić information content (AvgIpc) is 2.97. The third-order valence-corrected chi connectivity index (χ3v) is 6.20. The number of alkyl halides is 1. The van der Waals surface area contributed by atoms with E-state index in [-0.39, 0.29) is 23.5 Å². The van der Waals surface area contributed by atoms with Gasteiger partial charge in [-0.2, -0.15) is 0 Å². The molecule has 4 rings (SSSR count). The number of hydrogen-bond donors (Lipinski definition) is 4. The lowest BCUT2D eigenvalue weighted by atomic mass is 10.1. The molecule has 0 aliphatic carbocycles. The molecule has 32 heavy (non-hydrogen) atoms. The van der Waals surface area contributed by atoms with Crippen LogP contribution in [0.2, 0.25) is 0 Å². The fourth-order valence-corrected chi connectivity index (χ4v) is 4.43. The molecule has 12 nitrogen and oxygen atoms in total. The second kappa shape index (κ2) is 8.15. The Morgan fingerprint density at radius 3 is 2.81 bits per heavy atom. The summed E-state index contributed by atoms with van der Waals surface area (Å²) in [7, 11) is -4.41. The molecule has 3 heterocycles. The van der Waals surface area contributed by atoms with Gasteiger partial charge in [0.25, 0.3) is 11.4 Å². The lowest BCUT2D eigenvalue weighted by molar-refractivity contribution is -0.205. The molecule has 1 saturated heterocycles. The van der Waals surface area contributed by atoms with Gasteiger partial charge in [0.05, 0.1) is 18.8 Å². The molecule has 0 amide bonds. The van der Waals surface area contributed by atoms with E-state index in [4.69, 9.17) is 18.3 Å². The Kier molecular flexibility index (Phi) is 5.79. The molecular weight excluding hydrogens is 461 g/mol. The van der Waals surface area contributed by atoms with E-state index < -0.39 is 62.4 Å². The van der Waals surface area contributed by atoms with Gasteiger partial charge in [-0.15, -0.1) is 0 Å². The molecule has 1 fully saturated rings. The maximum atomic E-state index is 15.3. The summed E-state index contributed by atoms with van der Waals surface area (Å²) in [6, 6.07) is 3.30. The summed E-state index contributed by atoms with van der Waals surface area (Å²) < 4.78 is 61.7. The van der Waals surface area contributed by atoms with E-state index in [0.717, 1.165) is 18.3 Å². The van der Waals surface area contributed by atoms with E-state index in [0.29, 0.717) is 4.57 Å². The first-order chi connectivity index (χ1) is 15.0. The third kappa shape index (κ3) is 4.01. The van der Waals surface area contributed by atoms with Crippen LogP contribution in [-0.4, -0.2) is 49.5 Å². The standard InChI is InChI=1S/C17H17F2N2O10P/c18-10-1-2-11-8(3-10)6-28-32(27,31-11)29-7-17(19)13(24)12(23)15(30-17)21-4-9(5-22)14(25)20-16(21)26/h1-4,12-13,15,22-24H,5-7H2,(H,20,25,26)/t12-,13+,15-,17-,32?/m1/s1. The zero-order chi connectivity index (χ0) is 23.3. The summed E-state index contributed by atoms with van der Waals surface area (Å²) in [5.74, 6) is -3.77. The van der Waals surface area contributed by atoms with Gasteiger partial charge < -0.3 is 24.6 Å². The second-order valence-electron chi connectivity index (χ2n) is 7.05. The highest BCUT2D eigenvalue weighted by atomic mass is 31.2. The second-order valence-corrected chi connectivity index (χ2v) is 8.64. The van der Waals surface area contributed by atoms with Crippen LogP contribution in [0.5, 0.6) is 5.75 Å². The van der Waals surface area contributed by atoms with Crippen LogP contribution in [0.3, 0.4) is 0 Å². The first-order valence-corrected chi connectivity index (χ1v) is 10.6. The van der Waals surface area contributed by atoms with Gasteiger partial charge in [-0.05, 0) is 18.2 Å². The number of aliphatic hydroxyl groups is 3. The quantitative estimate of drug-likeness (QED) is 0.423. The van der Waals surface area contributed by atoms with Crippen molar-refractivity contribution in [2.24, 2.45) is 0 Å². The number of benzene rings is 1. The van der Waals surface area contributed by atoms with Crippen LogP contribution in [0.15, 0.2) is 34.0 Å². The molecule has 0 bridgehead atoms. The van der Waals surface area contributed by atoms with Gasteiger partial charge in [0.1, 0.15) is 30.4 Å². The van der Waals surface area contributed by atoms with Gasteiger partial charge in [-0.25, -0.2) is 18.1 Å². The highest BCUT2D eigenvalue weighted by molar-refractivity contribution is 7.49. The number of aromatic nitrogens is 2. The molecular formula is C17H17F2N2O10P. The molecule has 0 saturated carbocycles. The predicted molar refractivity (Wildman–Crippen MR) is 98.6 cm³/mol. The van der Waals surface area contributed by atoms with E-state index in [1.54, 1.807) is 0 Å². The Labute approximate surface area is 177 Å². The fraction of sp³-hybridized carbons (Fsp3) is 0.412. The number of rotatable bonds is 5. The van der Waals surface area contributed by atoms with Crippen molar-refractivity contribution in [2.75, 3.05) is 6.61 Å². The summed E-state index contributed by atoms with van der Waals surface area (Å²) in [4.78, 5) is 25.5. The minimum absolute atomic E-state index is 0.0176. The topological polar surface area (TPSA) is 170 Å². The van der Waals surface area contributed by atoms with Crippen molar-refractivity contribution < 1.29 is 47.0 Å². The van der Waals surface area contributed by atoms with Crippen molar-refractivity contribution in [2.45, 2.75) is 37.5 Å². The number of phosphoric acid groups is 1. The summed E-state index contributed by atoms with van der Waals surface area (Å²) in [6.45, 7) is -2.39. The lowest BCUT2D eigenvalue weighted by Crippen LogP contribution is -2.43. The smallest absolute Gasteiger partial charge is 0.404 e. The molecule has 1 aromatic heterocycles. The maximum absolute atomic E-state index is 15.3. The van der Waals surface area contributed by atoms with Crippen molar-refractivity contribution in [1.29, 1.82) is 0 Å². The van der Waals surface area contributed by atoms with Crippen molar-refractivity contribution in [3.63, 3.8) is 0 Å². The molecule has 15 heteroatoms. The first kappa shape index (κ1) is 22.7. The number of hydrogen-bond acceptors (Lipinski definition) is 10. The number of halogens is 2. The van der Waals surface area contributed by atoms with Crippen LogP contribution in [0.25, 0.3) is 0 Å². The first-order valence-electron chi connectivity index (χ1n) is 9.10. The van der Waals surface area contributed by atoms with Gasteiger partial charge in [-0.1, -0.05) is 0 Å². The largest absolute Gasteiger partial charge is 0.530 e. The van der Waals surface area contributed by atoms with Crippen LogP contribution in [0, 0.1) is 5.82 Å². The summed E-state index contributed by atoms with van der Waals surface area (Å²) in [5.41, 5.74) is -2.06. The number of aromatic amines is 1.